The summed E-state index contributed by atoms with van der Waals surface area (Å²) in [6.07, 6.45) is -9.19. The SMILES string of the molecule is CCOC(=O)CCN(CC(=O)N1CCc2cc(OCc3ccc(CC)c(C(F)(F)F)c3)ccc21)C(=O)OC(C)(C)C.CCc1ccc(COc2ccc3c(c2)CCN3C(=O)CN(CCC(=O)O)C(=O)OC(C)(C)C)cc1C(F)(F)F. The highest BCUT2D eigenvalue weighted by atomic mass is 19.4. The molecular formula is C58H70F6N4O12. The van der Waals surface area contributed by atoms with E-state index in [1.807, 2.05) is 0 Å². The number of rotatable bonds is 19. The molecule has 4 aromatic rings. The number of amides is 4. The Morgan fingerprint density at radius 2 is 0.963 bits per heavy atom. The number of carboxylic acid groups (broad SMARTS) is 1. The summed E-state index contributed by atoms with van der Waals surface area (Å²) in [7, 11) is 0. The topological polar surface area (TPSA) is 182 Å². The van der Waals surface area contributed by atoms with E-state index >= 15 is 0 Å². The molecule has 2 aliphatic heterocycles. The Morgan fingerprint density at radius 1 is 0.562 bits per heavy atom. The van der Waals surface area contributed by atoms with Crippen LogP contribution in [0.4, 0.5) is 47.3 Å². The highest BCUT2D eigenvalue weighted by Gasteiger charge is 2.36. The summed E-state index contributed by atoms with van der Waals surface area (Å²) in [6, 6.07) is 18.6. The number of ether oxygens (including phenoxy) is 5. The normalized spacial score (nSPS) is 13.1. The number of carbonyl (C=O) groups excluding carboxylic acids is 5. The van der Waals surface area contributed by atoms with E-state index in [-0.39, 0.29) is 88.7 Å². The molecule has 16 nitrogen and oxygen atoms in total. The number of carbonyl (C=O) groups is 6. The van der Waals surface area contributed by atoms with Crippen molar-refractivity contribution in [3.05, 3.63) is 117 Å². The van der Waals surface area contributed by atoms with Gasteiger partial charge in [-0.3, -0.25) is 29.0 Å². The Balaban J connectivity index is 0.000000294. The van der Waals surface area contributed by atoms with E-state index in [0.29, 0.717) is 59.9 Å². The molecule has 0 spiro atoms. The summed E-state index contributed by atoms with van der Waals surface area (Å²) in [6.45, 7) is 15.2. The van der Waals surface area contributed by atoms with Crippen molar-refractivity contribution in [2.75, 3.05) is 55.7 Å². The molecule has 80 heavy (non-hydrogen) atoms. The molecule has 0 unspecified atom stereocenters. The van der Waals surface area contributed by atoms with Crippen molar-refractivity contribution in [1.29, 1.82) is 0 Å². The van der Waals surface area contributed by atoms with Crippen LogP contribution in [-0.2, 0) is 84.6 Å². The number of halogens is 6. The summed E-state index contributed by atoms with van der Waals surface area (Å²) in [5, 5.41) is 9.03. The average Bonchev–Trinajstić information content (AvgIpc) is 4.11. The van der Waals surface area contributed by atoms with Gasteiger partial charge >= 0.3 is 36.5 Å². The van der Waals surface area contributed by atoms with E-state index < -0.39 is 64.7 Å². The Labute approximate surface area is 461 Å². The number of benzene rings is 4. The lowest BCUT2D eigenvalue weighted by Crippen LogP contribution is -2.45. The molecule has 0 radical (unpaired) electrons. The van der Waals surface area contributed by atoms with E-state index in [1.165, 1.54) is 21.9 Å². The van der Waals surface area contributed by atoms with E-state index in [2.05, 4.69) is 0 Å². The zero-order valence-electron chi connectivity index (χ0n) is 46.5. The maximum Gasteiger partial charge on any atom is 0.416 e. The van der Waals surface area contributed by atoms with Crippen LogP contribution < -0.4 is 19.3 Å². The van der Waals surface area contributed by atoms with Crippen LogP contribution in [0.1, 0.15) is 120 Å². The quantitative estimate of drug-likeness (QED) is 0.0534. The van der Waals surface area contributed by atoms with Crippen molar-refractivity contribution in [2.24, 2.45) is 0 Å². The number of carboxylic acids is 1. The number of hydrogen-bond acceptors (Lipinski definition) is 11. The van der Waals surface area contributed by atoms with Crippen LogP contribution in [0.2, 0.25) is 0 Å². The number of hydrogen-bond donors (Lipinski definition) is 1. The molecule has 0 aromatic heterocycles. The van der Waals surface area contributed by atoms with Crippen LogP contribution >= 0.6 is 0 Å². The van der Waals surface area contributed by atoms with E-state index in [4.69, 9.17) is 28.8 Å². The van der Waals surface area contributed by atoms with Crippen LogP contribution in [0.15, 0.2) is 72.8 Å². The number of aryl methyl sites for hydroxylation is 2. The third kappa shape index (κ3) is 18.5. The van der Waals surface area contributed by atoms with Crippen LogP contribution in [0.3, 0.4) is 0 Å². The molecule has 0 bridgehead atoms. The minimum absolute atomic E-state index is 0.0394. The molecule has 0 saturated heterocycles. The standard InChI is InChI=1S/C30H37F3N2O6.C28H33F3N2O6/c1-6-21-9-8-20(16-24(21)30(31,32)33)19-40-23-10-11-25-22(17-23)12-15-35(25)26(36)18-34(14-13-27(37)39-7-2)28(38)41-29(3,4)5;1-5-19-7-6-18(14-22(19)28(29,30)31)17-38-21-8-9-23-20(15-21)10-13-33(23)24(34)16-32(12-11-25(35)36)26(37)39-27(2,3)4/h8-11,16-17H,6-7,12-15,18-19H2,1-5H3;6-9,14-15H,5,10-13,16-17H2,1-4H3,(H,35,36). The van der Waals surface area contributed by atoms with E-state index in [1.54, 1.807) is 116 Å². The second kappa shape index (κ2) is 27.1. The van der Waals surface area contributed by atoms with Gasteiger partial charge in [0.15, 0.2) is 0 Å². The van der Waals surface area contributed by atoms with Gasteiger partial charge in [-0.15, -0.1) is 0 Å². The van der Waals surface area contributed by atoms with Crippen molar-refractivity contribution in [3.8, 4) is 11.5 Å². The second-order valence-electron chi connectivity index (χ2n) is 20.9. The lowest BCUT2D eigenvalue weighted by atomic mass is 10.0. The summed E-state index contributed by atoms with van der Waals surface area (Å²) < 4.78 is 108. The zero-order valence-corrected chi connectivity index (χ0v) is 46.5. The average molecular weight is 1130 g/mol. The molecule has 4 amide bonds. The largest absolute Gasteiger partial charge is 0.489 e. The Bertz CT molecular complexity index is 2860. The first-order chi connectivity index (χ1) is 37.4. The van der Waals surface area contributed by atoms with Gasteiger partial charge in [-0.1, -0.05) is 38.1 Å². The first kappa shape index (κ1) is 63.3. The molecule has 2 heterocycles. The zero-order chi connectivity index (χ0) is 59.3. The van der Waals surface area contributed by atoms with Crippen LogP contribution in [-0.4, -0.2) is 108 Å². The smallest absolute Gasteiger partial charge is 0.416 e. The predicted molar refractivity (Wildman–Crippen MR) is 284 cm³/mol. The van der Waals surface area contributed by atoms with Gasteiger partial charge in [0.2, 0.25) is 11.8 Å². The van der Waals surface area contributed by atoms with Gasteiger partial charge in [0.1, 0.15) is 49.0 Å². The van der Waals surface area contributed by atoms with Crippen molar-refractivity contribution < 1.29 is 83.9 Å². The summed E-state index contributed by atoms with van der Waals surface area (Å²) in [4.78, 5) is 80.0. The summed E-state index contributed by atoms with van der Waals surface area (Å²) in [5.41, 5.74) is 1.25. The van der Waals surface area contributed by atoms with Crippen molar-refractivity contribution in [2.45, 2.75) is 138 Å². The number of esters is 1. The lowest BCUT2D eigenvalue weighted by Gasteiger charge is -2.28. The highest BCUT2D eigenvalue weighted by molar-refractivity contribution is 5.99. The first-order valence-corrected chi connectivity index (χ1v) is 26.2. The van der Waals surface area contributed by atoms with Gasteiger partial charge in [-0.25, -0.2) is 9.59 Å². The van der Waals surface area contributed by atoms with Crippen LogP contribution in [0.5, 0.6) is 11.5 Å². The summed E-state index contributed by atoms with van der Waals surface area (Å²) >= 11 is 0. The number of aliphatic carboxylic acids is 1. The second-order valence-corrected chi connectivity index (χ2v) is 20.9. The third-order valence-electron chi connectivity index (χ3n) is 12.5. The molecule has 6 rings (SSSR count). The van der Waals surface area contributed by atoms with Gasteiger partial charge in [0, 0.05) is 37.6 Å². The first-order valence-electron chi connectivity index (χ1n) is 26.2. The molecule has 0 saturated carbocycles. The van der Waals surface area contributed by atoms with Crippen molar-refractivity contribution in [3.63, 3.8) is 0 Å². The predicted octanol–water partition coefficient (Wildman–Crippen LogP) is 11.4. The van der Waals surface area contributed by atoms with Gasteiger partial charge in [-0.05, 0) is 156 Å². The van der Waals surface area contributed by atoms with E-state index in [0.717, 1.165) is 28.2 Å². The number of anilines is 2. The van der Waals surface area contributed by atoms with Gasteiger partial charge < -0.3 is 38.6 Å². The minimum atomic E-state index is -4.45. The minimum Gasteiger partial charge on any atom is -0.489 e. The fraction of sp³-hybridized carbons (Fsp3) is 0.483. The molecule has 0 aliphatic carbocycles. The maximum absolute atomic E-state index is 13.4. The molecule has 436 valence electrons. The molecule has 2 aliphatic rings. The van der Waals surface area contributed by atoms with Crippen molar-refractivity contribution in [1.82, 2.24) is 9.80 Å². The van der Waals surface area contributed by atoms with Gasteiger partial charge in [0.05, 0.1) is 30.6 Å². The Hall–Kier alpha value is -7.52. The van der Waals surface area contributed by atoms with Crippen LogP contribution in [0, 0.1) is 0 Å². The lowest BCUT2D eigenvalue weighted by molar-refractivity contribution is -0.143. The number of nitrogens with zero attached hydrogens (tertiary/aromatic N) is 4. The van der Waals surface area contributed by atoms with E-state index in [9.17, 15) is 55.1 Å². The molecule has 0 fully saturated rings. The number of fused-ring (bicyclic) bond motifs is 2. The molecular weight excluding hydrogens is 1060 g/mol. The fourth-order valence-electron chi connectivity index (χ4n) is 8.67. The van der Waals surface area contributed by atoms with Gasteiger partial charge in [0.25, 0.3) is 0 Å². The fourth-order valence-corrected chi connectivity index (χ4v) is 8.67. The molecule has 4 aromatic carbocycles. The van der Waals surface area contributed by atoms with Crippen LogP contribution in [0.25, 0.3) is 0 Å². The summed E-state index contributed by atoms with van der Waals surface area (Å²) in [5.74, 6) is -1.41. The Morgan fingerprint density at radius 3 is 1.31 bits per heavy atom. The highest BCUT2D eigenvalue weighted by Crippen LogP contribution is 2.37. The maximum atomic E-state index is 13.4. The number of alkyl halides is 6. The molecule has 22 heteroatoms. The molecule has 1 N–H and O–H groups in total. The Kier molecular flexibility index (Phi) is 21.4. The monoisotopic (exact) mass is 1130 g/mol. The van der Waals surface area contributed by atoms with Crippen molar-refractivity contribution >= 4 is 47.3 Å². The third-order valence-corrected chi connectivity index (χ3v) is 12.5. The van der Waals surface area contributed by atoms with Gasteiger partial charge in [-0.2, -0.15) is 26.3 Å². The molecule has 0 atom stereocenters.